The molecule has 0 aromatic heterocycles. The molecule has 0 aliphatic rings. The first-order valence-electron chi connectivity index (χ1n) is 8.56. The highest BCUT2D eigenvalue weighted by atomic mass is 35.5. The minimum atomic E-state index is -4.10. The minimum absolute atomic E-state index is 0.146. The highest BCUT2D eigenvalue weighted by Crippen LogP contribution is 2.31. The quantitative estimate of drug-likeness (QED) is 0.482. The number of carbonyl (C=O) groups is 1. The SMILES string of the molecule is O=C(CCNS(=O)(=O)c1ccc(F)c(F)c1)NCC(O)COc1cccc(Cl)c1Cl. The second-order valence-corrected chi connectivity index (χ2v) is 8.60. The monoisotopic (exact) mass is 482 g/mol. The van der Waals surface area contributed by atoms with Crippen molar-refractivity contribution in [1.82, 2.24) is 10.0 Å². The number of nitrogens with one attached hydrogen (secondary N) is 2. The van der Waals surface area contributed by atoms with E-state index in [9.17, 15) is 27.1 Å². The lowest BCUT2D eigenvalue weighted by atomic mass is 10.3. The number of amides is 1. The molecule has 0 bridgehead atoms. The number of rotatable bonds is 10. The number of aliphatic hydroxyl groups excluding tert-OH is 1. The highest BCUT2D eigenvalue weighted by Gasteiger charge is 2.17. The zero-order chi connectivity index (χ0) is 22.3. The van der Waals surface area contributed by atoms with Crippen molar-refractivity contribution >= 4 is 39.1 Å². The first kappa shape index (κ1) is 24.3. The Kier molecular flexibility index (Phi) is 8.80. The third kappa shape index (κ3) is 7.06. The van der Waals surface area contributed by atoms with Crippen LogP contribution in [0.4, 0.5) is 8.78 Å². The average Bonchev–Trinajstić information content (AvgIpc) is 2.69. The molecule has 30 heavy (non-hydrogen) atoms. The van der Waals surface area contributed by atoms with Gasteiger partial charge in [-0.2, -0.15) is 0 Å². The summed E-state index contributed by atoms with van der Waals surface area (Å²) in [7, 11) is -4.10. The Labute approximate surface area is 182 Å². The number of halogens is 4. The van der Waals surface area contributed by atoms with Crippen molar-refractivity contribution in [2.45, 2.75) is 17.4 Å². The summed E-state index contributed by atoms with van der Waals surface area (Å²) in [5, 5.41) is 12.8. The first-order valence-corrected chi connectivity index (χ1v) is 10.8. The van der Waals surface area contributed by atoms with Gasteiger partial charge < -0.3 is 15.2 Å². The van der Waals surface area contributed by atoms with Crippen LogP contribution in [0.2, 0.25) is 10.0 Å². The largest absolute Gasteiger partial charge is 0.489 e. The number of carbonyl (C=O) groups excluding carboxylic acids is 1. The van der Waals surface area contributed by atoms with Gasteiger partial charge in [0.25, 0.3) is 0 Å². The van der Waals surface area contributed by atoms with Crippen LogP contribution >= 0.6 is 23.2 Å². The lowest BCUT2D eigenvalue weighted by Gasteiger charge is -2.14. The lowest BCUT2D eigenvalue weighted by molar-refractivity contribution is -0.121. The number of hydrogen-bond acceptors (Lipinski definition) is 5. The first-order chi connectivity index (χ1) is 14.1. The number of aliphatic hydroxyl groups is 1. The van der Waals surface area contributed by atoms with Crippen molar-refractivity contribution in [2.75, 3.05) is 19.7 Å². The van der Waals surface area contributed by atoms with E-state index in [4.69, 9.17) is 27.9 Å². The van der Waals surface area contributed by atoms with Gasteiger partial charge in [0.05, 0.1) is 9.92 Å². The molecule has 0 heterocycles. The van der Waals surface area contributed by atoms with Crippen molar-refractivity contribution in [3.8, 4) is 5.75 Å². The Morgan fingerprint density at radius 1 is 1.17 bits per heavy atom. The second-order valence-electron chi connectivity index (χ2n) is 6.04. The predicted octanol–water partition coefficient (Wildman–Crippen LogP) is 2.50. The fraction of sp³-hybridized carbons (Fsp3) is 0.278. The van der Waals surface area contributed by atoms with Gasteiger partial charge in [-0.1, -0.05) is 29.3 Å². The van der Waals surface area contributed by atoms with Crippen molar-refractivity contribution in [3.63, 3.8) is 0 Å². The molecule has 0 saturated heterocycles. The fourth-order valence-electron chi connectivity index (χ4n) is 2.19. The van der Waals surface area contributed by atoms with E-state index in [0.29, 0.717) is 17.2 Å². The summed E-state index contributed by atoms with van der Waals surface area (Å²) in [5.41, 5.74) is 0. The van der Waals surface area contributed by atoms with Gasteiger partial charge >= 0.3 is 0 Å². The zero-order valence-electron chi connectivity index (χ0n) is 15.4. The average molecular weight is 483 g/mol. The molecular formula is C18H18Cl2F2N2O5S. The number of sulfonamides is 1. The molecule has 0 spiro atoms. The molecule has 3 N–H and O–H groups in total. The van der Waals surface area contributed by atoms with E-state index in [0.717, 1.165) is 6.07 Å². The van der Waals surface area contributed by atoms with Crippen LogP contribution < -0.4 is 14.8 Å². The minimum Gasteiger partial charge on any atom is -0.489 e. The summed E-state index contributed by atoms with van der Waals surface area (Å²) in [5.74, 6) is -2.73. The number of hydrogen-bond donors (Lipinski definition) is 3. The maximum Gasteiger partial charge on any atom is 0.240 e. The van der Waals surface area contributed by atoms with Gasteiger partial charge in [-0.05, 0) is 30.3 Å². The van der Waals surface area contributed by atoms with Crippen LogP contribution in [0.5, 0.6) is 5.75 Å². The smallest absolute Gasteiger partial charge is 0.240 e. The highest BCUT2D eigenvalue weighted by molar-refractivity contribution is 7.89. The van der Waals surface area contributed by atoms with Gasteiger partial charge in [-0.15, -0.1) is 0 Å². The van der Waals surface area contributed by atoms with Gasteiger partial charge in [0.1, 0.15) is 23.5 Å². The van der Waals surface area contributed by atoms with E-state index in [-0.39, 0.29) is 36.9 Å². The molecule has 0 saturated carbocycles. The molecule has 2 aromatic carbocycles. The molecule has 0 radical (unpaired) electrons. The summed E-state index contributed by atoms with van der Waals surface area (Å²) in [6.45, 7) is -0.589. The van der Waals surface area contributed by atoms with Gasteiger partial charge in [0, 0.05) is 19.5 Å². The zero-order valence-corrected chi connectivity index (χ0v) is 17.7. The summed E-state index contributed by atoms with van der Waals surface area (Å²) >= 11 is 11.8. The fourth-order valence-corrected chi connectivity index (χ4v) is 3.58. The number of ether oxygens (including phenoxy) is 1. The van der Waals surface area contributed by atoms with Crippen LogP contribution in [0.25, 0.3) is 0 Å². The molecule has 12 heteroatoms. The summed E-state index contributed by atoms with van der Waals surface area (Å²) < 4.78 is 57.5. The molecule has 0 aliphatic heterocycles. The van der Waals surface area contributed by atoms with Crippen molar-refractivity contribution in [2.24, 2.45) is 0 Å². The van der Waals surface area contributed by atoms with E-state index < -0.39 is 38.6 Å². The molecule has 1 atom stereocenters. The Morgan fingerprint density at radius 2 is 1.90 bits per heavy atom. The predicted molar refractivity (Wildman–Crippen MR) is 107 cm³/mol. The molecule has 7 nitrogen and oxygen atoms in total. The Hall–Kier alpha value is -1.98. The lowest BCUT2D eigenvalue weighted by Crippen LogP contribution is -2.37. The third-order valence-corrected chi connectivity index (χ3v) is 5.99. The molecule has 0 fully saturated rings. The standard InChI is InChI=1S/C18H18Cl2F2N2O5S/c19-13-2-1-3-16(18(13)20)29-10-11(25)9-23-17(26)6-7-24-30(27,28)12-4-5-14(21)15(22)8-12/h1-5,8,11,24-25H,6-7,9-10H2,(H,23,26). The maximum absolute atomic E-state index is 13.2. The van der Waals surface area contributed by atoms with Gasteiger partial charge in [-0.25, -0.2) is 21.9 Å². The van der Waals surface area contributed by atoms with Crippen LogP contribution in [-0.2, 0) is 14.8 Å². The van der Waals surface area contributed by atoms with E-state index in [1.54, 1.807) is 18.2 Å². The van der Waals surface area contributed by atoms with E-state index in [1.807, 2.05) is 0 Å². The van der Waals surface area contributed by atoms with E-state index in [1.165, 1.54) is 0 Å². The second kappa shape index (κ2) is 10.9. The molecule has 2 aromatic rings. The van der Waals surface area contributed by atoms with Crippen LogP contribution in [0.3, 0.4) is 0 Å². The molecule has 0 aliphatic carbocycles. The Morgan fingerprint density at radius 3 is 2.60 bits per heavy atom. The van der Waals surface area contributed by atoms with Crippen LogP contribution in [-0.4, -0.2) is 45.2 Å². The normalized spacial score (nSPS) is 12.4. The van der Waals surface area contributed by atoms with Crippen molar-refractivity contribution < 1.29 is 31.8 Å². The van der Waals surface area contributed by atoms with Crippen molar-refractivity contribution in [3.05, 3.63) is 58.1 Å². The van der Waals surface area contributed by atoms with Gasteiger partial charge in [0.15, 0.2) is 11.6 Å². The molecule has 2 rings (SSSR count). The molecular weight excluding hydrogens is 465 g/mol. The summed E-state index contributed by atoms with van der Waals surface area (Å²) in [6.07, 6.45) is -1.29. The van der Waals surface area contributed by atoms with E-state index >= 15 is 0 Å². The molecule has 1 amide bonds. The summed E-state index contributed by atoms with van der Waals surface area (Å²) in [4.78, 5) is 11.3. The molecule has 1 unspecified atom stereocenters. The number of benzene rings is 2. The van der Waals surface area contributed by atoms with Crippen molar-refractivity contribution in [1.29, 1.82) is 0 Å². The van der Waals surface area contributed by atoms with Crippen LogP contribution in [0.1, 0.15) is 6.42 Å². The van der Waals surface area contributed by atoms with Gasteiger partial charge in [-0.3, -0.25) is 4.79 Å². The Bertz CT molecular complexity index is 1010. The van der Waals surface area contributed by atoms with Gasteiger partial charge in [0.2, 0.25) is 15.9 Å². The van der Waals surface area contributed by atoms with Crippen LogP contribution in [0, 0.1) is 11.6 Å². The topological polar surface area (TPSA) is 105 Å². The third-order valence-electron chi connectivity index (χ3n) is 3.73. The van der Waals surface area contributed by atoms with Crippen LogP contribution in [0.15, 0.2) is 41.3 Å². The summed E-state index contributed by atoms with van der Waals surface area (Å²) in [6, 6.07) is 6.91. The maximum atomic E-state index is 13.2. The molecule has 164 valence electrons. The Balaban J connectivity index is 1.72. The van der Waals surface area contributed by atoms with E-state index in [2.05, 4.69) is 10.0 Å².